The summed E-state index contributed by atoms with van der Waals surface area (Å²) < 4.78 is 27.3. The highest BCUT2D eigenvalue weighted by Crippen LogP contribution is 2.28. The number of carbonyl (C=O) groups is 4. The lowest BCUT2D eigenvalue weighted by molar-refractivity contribution is -0.139. The number of nitrogens with zero attached hydrogens (tertiary/aromatic N) is 2. The topological polar surface area (TPSA) is 208 Å². The molecule has 2 heterocycles. The van der Waals surface area contributed by atoms with Crippen LogP contribution in [0.15, 0.2) is 64.4 Å². The largest absolute Gasteiger partial charge is 0.480 e. The molecular weight excluding hydrogens is 604 g/mol. The smallest absolute Gasteiger partial charge is 0.346 e. The number of ketones is 1. The summed E-state index contributed by atoms with van der Waals surface area (Å²) in [6.07, 6.45) is 0.756. The van der Waals surface area contributed by atoms with Gasteiger partial charge in [-0.2, -0.15) is 9.29 Å². The van der Waals surface area contributed by atoms with Gasteiger partial charge >= 0.3 is 17.7 Å². The maximum atomic E-state index is 13.1. The number of sulfonamides is 1. The molecule has 1 fully saturated rings. The number of urea groups is 1. The van der Waals surface area contributed by atoms with Crippen LogP contribution >= 0.6 is 0 Å². The van der Waals surface area contributed by atoms with Crippen LogP contribution < -0.4 is 21.6 Å². The summed E-state index contributed by atoms with van der Waals surface area (Å²) in [7, 11) is -3.81. The normalized spacial score (nSPS) is 15.4. The number of carbonyl (C=O) groups excluding carboxylic acids is 3. The van der Waals surface area contributed by atoms with Crippen molar-refractivity contribution in [1.82, 2.24) is 24.9 Å². The van der Waals surface area contributed by atoms with Crippen LogP contribution in [-0.2, 0) is 26.0 Å². The third-order valence-corrected chi connectivity index (χ3v) is 9.75. The predicted octanol–water partition coefficient (Wildman–Crippen LogP) is 1.75. The minimum absolute atomic E-state index is 0.0299. The number of nitrogens with one attached hydrogen (secondary N) is 4. The van der Waals surface area contributed by atoms with Gasteiger partial charge in [-0.1, -0.05) is 36.4 Å². The minimum Gasteiger partial charge on any atom is -0.480 e. The molecule has 1 aliphatic rings. The van der Waals surface area contributed by atoms with Gasteiger partial charge in [0.05, 0.1) is 4.90 Å². The van der Waals surface area contributed by atoms with Gasteiger partial charge < -0.3 is 26.0 Å². The average molecular weight is 639 g/mol. The van der Waals surface area contributed by atoms with E-state index in [-0.39, 0.29) is 48.6 Å². The molecule has 0 aliphatic carbocycles. The van der Waals surface area contributed by atoms with Crippen LogP contribution in [0.4, 0.5) is 10.6 Å². The maximum absolute atomic E-state index is 13.1. The first kappa shape index (κ1) is 33.0. The Labute approximate surface area is 259 Å². The molecule has 1 aromatic heterocycles. The summed E-state index contributed by atoms with van der Waals surface area (Å²) in [5.74, 6) is -2.56. The van der Waals surface area contributed by atoms with Crippen LogP contribution in [-0.4, -0.2) is 76.2 Å². The Bertz CT molecular complexity index is 1760. The zero-order chi connectivity index (χ0) is 32.9. The molecule has 3 aromatic rings. The fraction of sp³-hybridized carbons (Fsp3) is 0.333. The van der Waals surface area contributed by atoms with E-state index in [0.29, 0.717) is 16.7 Å². The Morgan fingerprint density at radius 1 is 1.02 bits per heavy atom. The molecule has 3 amide bonds. The van der Waals surface area contributed by atoms with E-state index < -0.39 is 51.0 Å². The Balaban J connectivity index is 1.47. The Morgan fingerprint density at radius 2 is 1.64 bits per heavy atom. The summed E-state index contributed by atoms with van der Waals surface area (Å²) in [5.41, 5.74) is -0.346. The van der Waals surface area contributed by atoms with Gasteiger partial charge in [-0.25, -0.2) is 22.8 Å². The van der Waals surface area contributed by atoms with Crippen LogP contribution in [0.1, 0.15) is 46.8 Å². The fourth-order valence-corrected chi connectivity index (χ4v) is 6.74. The number of rotatable bonds is 10. The van der Waals surface area contributed by atoms with Crippen molar-refractivity contribution < 1.29 is 32.7 Å². The number of H-pyrrole nitrogens is 1. The Kier molecular flexibility index (Phi) is 9.83. The second-order valence-corrected chi connectivity index (χ2v) is 12.8. The summed E-state index contributed by atoms with van der Waals surface area (Å²) in [4.78, 5) is 69.3. The lowest BCUT2D eigenvalue weighted by Gasteiger charge is -2.40. The SMILES string of the molecule is CC(=O)C1(NC(=O)NC(Cc2c[nH]c(=O)nc2NC(=O)c2c(C)cccc2C)C(=O)O)CCN(S(=O)(=O)c2ccccc2)CC1. The number of aromatic nitrogens is 2. The fourth-order valence-electron chi connectivity index (χ4n) is 5.28. The van der Waals surface area contributed by atoms with Gasteiger partial charge in [0.2, 0.25) is 10.0 Å². The van der Waals surface area contributed by atoms with Crippen molar-refractivity contribution in [2.75, 3.05) is 18.4 Å². The third-order valence-electron chi connectivity index (χ3n) is 7.84. The van der Waals surface area contributed by atoms with Crippen LogP contribution in [0.2, 0.25) is 0 Å². The van der Waals surface area contributed by atoms with E-state index in [1.807, 2.05) is 0 Å². The van der Waals surface area contributed by atoms with E-state index in [4.69, 9.17) is 0 Å². The molecule has 1 saturated heterocycles. The number of hydrogen-bond acceptors (Lipinski definition) is 8. The van der Waals surface area contributed by atoms with Crippen molar-refractivity contribution in [2.24, 2.45) is 0 Å². The molecule has 238 valence electrons. The molecule has 14 nitrogen and oxygen atoms in total. The van der Waals surface area contributed by atoms with Crippen molar-refractivity contribution in [1.29, 1.82) is 0 Å². The molecular formula is C30H34N6O8S. The number of hydrogen-bond donors (Lipinski definition) is 5. The van der Waals surface area contributed by atoms with Crippen molar-refractivity contribution in [3.05, 3.63) is 87.5 Å². The zero-order valence-corrected chi connectivity index (χ0v) is 25.7. The number of aryl methyl sites for hydroxylation is 2. The lowest BCUT2D eigenvalue weighted by Crippen LogP contribution is -2.63. The second kappa shape index (κ2) is 13.4. The van der Waals surface area contributed by atoms with E-state index in [9.17, 15) is 37.5 Å². The highest BCUT2D eigenvalue weighted by atomic mass is 32.2. The molecule has 0 saturated carbocycles. The number of anilines is 1. The van der Waals surface area contributed by atoms with Crippen LogP contribution in [0.5, 0.6) is 0 Å². The third kappa shape index (κ3) is 7.44. The lowest BCUT2D eigenvalue weighted by atomic mass is 9.85. The number of piperidine rings is 1. The van der Waals surface area contributed by atoms with E-state index in [1.54, 1.807) is 50.2 Å². The first-order valence-electron chi connectivity index (χ1n) is 14.1. The van der Waals surface area contributed by atoms with Gasteiger partial charge in [-0.3, -0.25) is 9.59 Å². The molecule has 1 aliphatic heterocycles. The van der Waals surface area contributed by atoms with Crippen LogP contribution in [0.3, 0.4) is 0 Å². The van der Waals surface area contributed by atoms with Gasteiger partial charge in [-0.15, -0.1) is 0 Å². The predicted molar refractivity (Wildman–Crippen MR) is 163 cm³/mol. The van der Waals surface area contributed by atoms with Crippen molar-refractivity contribution in [3.8, 4) is 0 Å². The number of carboxylic acid groups (broad SMARTS) is 1. The first-order valence-corrected chi connectivity index (χ1v) is 15.5. The maximum Gasteiger partial charge on any atom is 0.346 e. The molecule has 0 radical (unpaired) electrons. The minimum atomic E-state index is -3.81. The summed E-state index contributed by atoms with van der Waals surface area (Å²) >= 11 is 0. The number of aromatic amines is 1. The van der Waals surface area contributed by atoms with Crippen LogP contribution in [0, 0.1) is 13.8 Å². The molecule has 1 atom stereocenters. The van der Waals surface area contributed by atoms with Gasteiger partial charge in [0.25, 0.3) is 5.91 Å². The quantitative estimate of drug-likeness (QED) is 0.219. The number of benzene rings is 2. The van der Waals surface area contributed by atoms with Gasteiger partial charge in [0, 0.05) is 36.8 Å². The first-order chi connectivity index (χ1) is 21.2. The Hall–Kier alpha value is -4.89. The van der Waals surface area contributed by atoms with Crippen LogP contribution in [0.25, 0.3) is 0 Å². The summed E-state index contributed by atoms with van der Waals surface area (Å²) in [6.45, 7) is 4.67. The molecule has 0 bridgehead atoms. The second-order valence-electron chi connectivity index (χ2n) is 10.8. The van der Waals surface area contributed by atoms with Gasteiger partial charge in [0.15, 0.2) is 5.78 Å². The van der Waals surface area contributed by atoms with Gasteiger partial charge in [0.1, 0.15) is 17.4 Å². The number of carboxylic acids is 1. The summed E-state index contributed by atoms with van der Waals surface area (Å²) in [6, 6.07) is 10.6. The monoisotopic (exact) mass is 638 g/mol. The molecule has 15 heteroatoms. The standard InChI is InChI=1S/C30H34N6O8S/c1-18-8-7-9-19(2)24(18)26(38)33-25-21(17-31-28(41)34-25)16-23(27(39)40)32-29(42)35-30(20(3)37)12-14-36(15-13-30)45(43,44)22-10-5-4-6-11-22/h4-11,17,23H,12-16H2,1-3H3,(H,39,40)(H2,32,35,42)(H2,31,33,34,38,41). The number of amides is 3. The molecule has 0 spiro atoms. The Morgan fingerprint density at radius 3 is 2.22 bits per heavy atom. The molecule has 2 aromatic carbocycles. The molecule has 5 N–H and O–H groups in total. The van der Waals surface area contributed by atoms with Crippen molar-refractivity contribution >= 4 is 39.5 Å². The van der Waals surface area contributed by atoms with Crippen molar-refractivity contribution in [2.45, 2.75) is 56.5 Å². The van der Waals surface area contributed by atoms with E-state index in [1.165, 1.54) is 29.6 Å². The van der Waals surface area contributed by atoms with E-state index >= 15 is 0 Å². The van der Waals surface area contributed by atoms with E-state index in [2.05, 4.69) is 25.9 Å². The summed E-state index contributed by atoms with van der Waals surface area (Å²) in [5, 5.41) is 17.4. The highest BCUT2D eigenvalue weighted by molar-refractivity contribution is 7.89. The van der Waals surface area contributed by atoms with E-state index in [0.717, 1.165) is 0 Å². The molecule has 45 heavy (non-hydrogen) atoms. The van der Waals surface area contributed by atoms with Gasteiger partial charge in [-0.05, 0) is 56.9 Å². The molecule has 4 rings (SSSR count). The number of aliphatic carboxylic acids is 1. The van der Waals surface area contributed by atoms with Crippen molar-refractivity contribution in [3.63, 3.8) is 0 Å². The average Bonchev–Trinajstić information content (AvgIpc) is 2.98. The number of Topliss-reactive ketones (excluding diaryl/α,β-unsaturated/α-hetero) is 1. The molecule has 1 unspecified atom stereocenters. The highest BCUT2D eigenvalue weighted by Gasteiger charge is 2.43. The zero-order valence-electron chi connectivity index (χ0n) is 24.9.